The molecule has 0 unspecified atom stereocenters. The number of nitrogens with zero attached hydrogens (tertiary/aromatic N) is 4. The lowest BCUT2D eigenvalue weighted by molar-refractivity contribution is -0.0511. The molecule has 29 heavy (non-hydrogen) atoms. The minimum absolute atomic E-state index is 0.156. The average molecular weight is 401 g/mol. The van der Waals surface area contributed by atoms with Gasteiger partial charge in [0.2, 0.25) is 0 Å². The third kappa shape index (κ3) is 3.62. The van der Waals surface area contributed by atoms with Gasteiger partial charge in [-0.1, -0.05) is 19.1 Å². The standard InChI is InChI=1S/C19H23N5O5/c1-10(11-2-4-12(26)5-3-11)6-20-17-14-18(22-8-21-17)24(9-23-14)19-16(28)15(27)13(7-25)29-19/h2-5,8-10,13,15-16,19,25-28H,6-7H2,1H3,(H,20,21,22)/t10-,13+,15+,16+,19+/m0/s1. The Morgan fingerprint density at radius 1 is 1.14 bits per heavy atom. The predicted molar refractivity (Wildman–Crippen MR) is 103 cm³/mol. The molecule has 0 spiro atoms. The summed E-state index contributed by atoms with van der Waals surface area (Å²) in [5, 5.41) is 42.2. The number of aromatic nitrogens is 4. The molecule has 3 aromatic rings. The Balaban J connectivity index is 1.54. The van der Waals surface area contributed by atoms with Crippen LogP contribution in [-0.2, 0) is 4.74 Å². The zero-order valence-electron chi connectivity index (χ0n) is 15.8. The lowest BCUT2D eigenvalue weighted by Gasteiger charge is -2.17. The number of ether oxygens (including phenoxy) is 1. The number of benzene rings is 1. The van der Waals surface area contributed by atoms with Gasteiger partial charge >= 0.3 is 0 Å². The Hall–Kier alpha value is -2.79. The number of aromatic hydroxyl groups is 1. The van der Waals surface area contributed by atoms with Gasteiger partial charge in [0, 0.05) is 6.54 Å². The highest BCUT2D eigenvalue weighted by atomic mass is 16.6. The normalized spacial score (nSPS) is 25.4. The molecule has 0 radical (unpaired) electrons. The molecular formula is C19H23N5O5. The first-order valence-corrected chi connectivity index (χ1v) is 9.32. The summed E-state index contributed by atoms with van der Waals surface area (Å²) in [6.07, 6.45) is -1.36. The van der Waals surface area contributed by atoms with Crippen LogP contribution in [-0.4, -0.2) is 71.4 Å². The van der Waals surface area contributed by atoms with Crippen molar-refractivity contribution in [3.8, 4) is 5.75 Å². The van der Waals surface area contributed by atoms with E-state index < -0.39 is 31.1 Å². The lowest BCUT2D eigenvalue weighted by atomic mass is 10.0. The van der Waals surface area contributed by atoms with Crippen LogP contribution in [0.3, 0.4) is 0 Å². The van der Waals surface area contributed by atoms with Crippen LogP contribution in [0.15, 0.2) is 36.9 Å². The van der Waals surface area contributed by atoms with E-state index in [4.69, 9.17) is 4.74 Å². The molecule has 5 N–H and O–H groups in total. The number of hydrogen-bond donors (Lipinski definition) is 5. The van der Waals surface area contributed by atoms with E-state index in [0.29, 0.717) is 23.5 Å². The summed E-state index contributed by atoms with van der Waals surface area (Å²) in [5.41, 5.74) is 2.01. The van der Waals surface area contributed by atoms with Gasteiger partial charge in [0.25, 0.3) is 0 Å². The molecule has 1 aliphatic rings. The number of phenols is 1. The second-order valence-corrected chi connectivity index (χ2v) is 7.15. The zero-order valence-corrected chi connectivity index (χ0v) is 15.8. The summed E-state index contributed by atoms with van der Waals surface area (Å²) >= 11 is 0. The Morgan fingerprint density at radius 3 is 2.59 bits per heavy atom. The number of phenolic OH excluding ortho intramolecular Hbond substituents is 1. The van der Waals surface area contributed by atoms with Crippen molar-refractivity contribution in [1.29, 1.82) is 0 Å². The smallest absolute Gasteiger partial charge is 0.167 e. The van der Waals surface area contributed by atoms with Gasteiger partial charge in [-0.25, -0.2) is 15.0 Å². The van der Waals surface area contributed by atoms with Crippen molar-refractivity contribution in [3.05, 3.63) is 42.5 Å². The summed E-state index contributed by atoms with van der Waals surface area (Å²) in [6.45, 7) is 2.23. The maximum atomic E-state index is 10.3. The quantitative estimate of drug-likeness (QED) is 0.395. The number of aliphatic hydroxyl groups is 3. The molecule has 10 nitrogen and oxygen atoms in total. The monoisotopic (exact) mass is 401 g/mol. The molecule has 10 heteroatoms. The SMILES string of the molecule is C[C@@H](CNc1ncnc2c1ncn2[C@@H]1O[C@H](CO)[C@@H](O)[C@H]1O)c1ccc(O)cc1. The van der Waals surface area contributed by atoms with Crippen molar-refractivity contribution in [3.63, 3.8) is 0 Å². The van der Waals surface area contributed by atoms with E-state index in [2.05, 4.69) is 27.2 Å². The molecule has 2 aromatic heterocycles. The maximum absolute atomic E-state index is 10.3. The van der Waals surface area contributed by atoms with Gasteiger partial charge in [0.05, 0.1) is 12.9 Å². The number of hydrogen-bond acceptors (Lipinski definition) is 9. The predicted octanol–water partition coefficient (Wildman–Crippen LogP) is 0.359. The summed E-state index contributed by atoms with van der Waals surface area (Å²) in [7, 11) is 0. The van der Waals surface area contributed by atoms with Crippen molar-refractivity contribution < 1.29 is 25.2 Å². The number of nitrogens with one attached hydrogen (secondary N) is 1. The van der Waals surface area contributed by atoms with Gasteiger partial charge in [0.1, 0.15) is 30.4 Å². The second-order valence-electron chi connectivity index (χ2n) is 7.15. The van der Waals surface area contributed by atoms with Gasteiger partial charge in [-0.3, -0.25) is 4.57 Å². The van der Waals surface area contributed by atoms with Crippen molar-refractivity contribution in [2.24, 2.45) is 0 Å². The van der Waals surface area contributed by atoms with E-state index in [9.17, 15) is 20.4 Å². The molecule has 0 saturated carbocycles. The number of aliphatic hydroxyl groups excluding tert-OH is 3. The van der Waals surface area contributed by atoms with E-state index in [1.165, 1.54) is 17.2 Å². The first-order valence-electron chi connectivity index (χ1n) is 9.32. The van der Waals surface area contributed by atoms with E-state index >= 15 is 0 Å². The first-order chi connectivity index (χ1) is 14.0. The average Bonchev–Trinajstić information content (AvgIpc) is 3.28. The minimum Gasteiger partial charge on any atom is -0.508 e. The number of fused-ring (bicyclic) bond motifs is 1. The largest absolute Gasteiger partial charge is 0.508 e. The van der Waals surface area contributed by atoms with Crippen LogP contribution in [0.1, 0.15) is 24.6 Å². The van der Waals surface area contributed by atoms with Crippen molar-refractivity contribution >= 4 is 17.0 Å². The molecule has 0 bridgehead atoms. The van der Waals surface area contributed by atoms with E-state index in [0.717, 1.165) is 5.56 Å². The lowest BCUT2D eigenvalue weighted by Crippen LogP contribution is -2.33. The molecule has 1 fully saturated rings. The van der Waals surface area contributed by atoms with E-state index in [1.54, 1.807) is 12.1 Å². The number of anilines is 1. The topological polar surface area (TPSA) is 146 Å². The highest BCUT2D eigenvalue weighted by molar-refractivity contribution is 5.82. The maximum Gasteiger partial charge on any atom is 0.167 e. The van der Waals surface area contributed by atoms with Crippen molar-refractivity contribution in [1.82, 2.24) is 19.5 Å². The highest BCUT2D eigenvalue weighted by Crippen LogP contribution is 2.32. The molecule has 0 aliphatic carbocycles. The molecule has 1 aliphatic heterocycles. The second kappa shape index (κ2) is 7.91. The molecule has 5 atom stereocenters. The van der Waals surface area contributed by atoms with E-state index in [-0.39, 0.29) is 11.7 Å². The third-order valence-corrected chi connectivity index (χ3v) is 5.19. The van der Waals surface area contributed by atoms with Gasteiger partial charge in [-0.15, -0.1) is 0 Å². The Labute approximate surface area is 166 Å². The summed E-state index contributed by atoms with van der Waals surface area (Å²) in [4.78, 5) is 12.8. The van der Waals surface area contributed by atoms with Crippen LogP contribution >= 0.6 is 0 Å². The molecule has 1 saturated heterocycles. The molecule has 3 heterocycles. The van der Waals surface area contributed by atoms with Crippen LogP contribution in [0.2, 0.25) is 0 Å². The Morgan fingerprint density at radius 2 is 1.90 bits per heavy atom. The van der Waals surface area contributed by atoms with Gasteiger partial charge < -0.3 is 30.5 Å². The first kappa shape index (κ1) is 19.5. The molecule has 4 rings (SSSR count). The summed E-state index contributed by atoms with van der Waals surface area (Å²) < 4.78 is 7.09. The zero-order chi connectivity index (χ0) is 20.5. The highest BCUT2D eigenvalue weighted by Gasteiger charge is 2.44. The fraction of sp³-hybridized carbons (Fsp3) is 0.421. The van der Waals surface area contributed by atoms with Gasteiger partial charge in [0.15, 0.2) is 23.2 Å². The summed E-state index contributed by atoms with van der Waals surface area (Å²) in [5.74, 6) is 0.913. The van der Waals surface area contributed by atoms with Crippen LogP contribution in [0.25, 0.3) is 11.2 Å². The fourth-order valence-corrected chi connectivity index (χ4v) is 3.45. The number of imidazole rings is 1. The van der Waals surface area contributed by atoms with Crippen LogP contribution < -0.4 is 5.32 Å². The molecule has 154 valence electrons. The molecule has 0 amide bonds. The third-order valence-electron chi connectivity index (χ3n) is 5.19. The Bertz CT molecular complexity index is 979. The molecule has 1 aromatic carbocycles. The minimum atomic E-state index is -1.22. The van der Waals surface area contributed by atoms with Gasteiger partial charge in [-0.2, -0.15) is 0 Å². The number of rotatable bonds is 6. The van der Waals surface area contributed by atoms with E-state index in [1.807, 2.05) is 12.1 Å². The van der Waals surface area contributed by atoms with Gasteiger partial charge in [-0.05, 0) is 23.6 Å². The van der Waals surface area contributed by atoms with Crippen LogP contribution in [0.5, 0.6) is 5.75 Å². The fourth-order valence-electron chi connectivity index (χ4n) is 3.45. The van der Waals surface area contributed by atoms with Crippen molar-refractivity contribution in [2.75, 3.05) is 18.5 Å². The van der Waals surface area contributed by atoms with Crippen LogP contribution in [0.4, 0.5) is 5.82 Å². The molecular weight excluding hydrogens is 378 g/mol. The Kier molecular flexibility index (Phi) is 5.33. The summed E-state index contributed by atoms with van der Waals surface area (Å²) in [6, 6.07) is 7.04. The van der Waals surface area contributed by atoms with Crippen LogP contribution in [0, 0.1) is 0 Å². The van der Waals surface area contributed by atoms with Crippen molar-refractivity contribution in [2.45, 2.75) is 37.4 Å².